The van der Waals surface area contributed by atoms with Crippen LogP contribution in [0.4, 0.5) is 11.8 Å². The lowest BCUT2D eigenvalue weighted by Crippen LogP contribution is -2.36. The molecule has 2 aliphatic heterocycles. The molecule has 0 aromatic carbocycles. The van der Waals surface area contributed by atoms with Crippen molar-refractivity contribution in [1.82, 2.24) is 19.6 Å². The summed E-state index contributed by atoms with van der Waals surface area (Å²) in [6, 6.07) is 0. The van der Waals surface area contributed by atoms with Gasteiger partial charge in [-0.05, 0) is 19.4 Å². The van der Waals surface area contributed by atoms with E-state index < -0.39 is 10.0 Å². The van der Waals surface area contributed by atoms with Crippen LogP contribution in [0.2, 0.25) is 0 Å². The van der Waals surface area contributed by atoms with Gasteiger partial charge >= 0.3 is 0 Å². The summed E-state index contributed by atoms with van der Waals surface area (Å²) in [4.78, 5) is 13.6. The highest BCUT2D eigenvalue weighted by Crippen LogP contribution is 2.27. The molecule has 0 atom stereocenters. The first-order valence-corrected chi connectivity index (χ1v) is 10.2. The minimum Gasteiger partial charge on any atom is -0.355 e. The average Bonchev–Trinajstić information content (AvgIpc) is 2.79. The highest BCUT2D eigenvalue weighted by Gasteiger charge is 2.26. The molecule has 9 heteroatoms. The van der Waals surface area contributed by atoms with Gasteiger partial charge in [-0.1, -0.05) is 0 Å². The maximum atomic E-state index is 11.8. The van der Waals surface area contributed by atoms with Gasteiger partial charge in [0, 0.05) is 52.4 Å². The van der Waals surface area contributed by atoms with E-state index >= 15 is 0 Å². The van der Waals surface area contributed by atoms with E-state index in [1.54, 1.807) is 4.31 Å². The van der Waals surface area contributed by atoms with E-state index in [9.17, 15) is 8.42 Å². The van der Waals surface area contributed by atoms with Crippen LogP contribution >= 0.6 is 0 Å². The fourth-order valence-corrected chi connectivity index (χ4v) is 4.10. The molecule has 8 nitrogen and oxygen atoms in total. The van der Waals surface area contributed by atoms with Crippen LogP contribution in [0.15, 0.2) is 0 Å². The van der Waals surface area contributed by atoms with Crippen LogP contribution in [0.3, 0.4) is 0 Å². The van der Waals surface area contributed by atoms with Crippen LogP contribution in [0.1, 0.15) is 17.7 Å². The Hall–Kier alpha value is -1.45. The molecule has 1 fully saturated rings. The number of fused-ring (bicyclic) bond motifs is 1. The van der Waals surface area contributed by atoms with E-state index in [1.807, 2.05) is 19.0 Å². The van der Waals surface area contributed by atoms with Gasteiger partial charge in [-0.2, -0.15) is 4.98 Å². The van der Waals surface area contributed by atoms with Crippen molar-refractivity contribution in [3.8, 4) is 0 Å². The summed E-state index contributed by atoms with van der Waals surface area (Å²) in [6.45, 7) is 4.24. The fourth-order valence-electron chi connectivity index (χ4n) is 3.23. The first-order chi connectivity index (χ1) is 11.4. The molecule has 0 saturated carbocycles. The largest absolute Gasteiger partial charge is 0.355 e. The molecule has 1 aromatic heterocycles. The predicted molar refractivity (Wildman–Crippen MR) is 95.0 cm³/mol. The molecule has 0 amide bonds. The number of hydrogen-bond donors (Lipinski definition) is 1. The first kappa shape index (κ1) is 17.4. The fraction of sp³-hybridized carbons (Fsp3) is 0.733. The van der Waals surface area contributed by atoms with Gasteiger partial charge in [0.1, 0.15) is 5.82 Å². The van der Waals surface area contributed by atoms with Crippen LogP contribution in [0.25, 0.3) is 0 Å². The molecule has 0 bridgehead atoms. The number of nitrogens with one attached hydrogen (secondary N) is 1. The Morgan fingerprint density at radius 2 is 1.92 bits per heavy atom. The molecule has 0 spiro atoms. The normalized spacial score (nSPS) is 19.7. The van der Waals surface area contributed by atoms with Crippen LogP contribution in [0, 0.1) is 0 Å². The summed E-state index contributed by atoms with van der Waals surface area (Å²) in [5, 5.41) is 3.36. The van der Waals surface area contributed by atoms with Gasteiger partial charge in [0.15, 0.2) is 0 Å². The lowest BCUT2D eigenvalue weighted by Gasteiger charge is -2.29. The first-order valence-electron chi connectivity index (χ1n) is 8.34. The maximum Gasteiger partial charge on any atom is 0.227 e. The highest BCUT2D eigenvalue weighted by molar-refractivity contribution is 7.88. The van der Waals surface area contributed by atoms with Crippen molar-refractivity contribution in [2.24, 2.45) is 0 Å². The van der Waals surface area contributed by atoms with Crippen LogP contribution < -0.4 is 15.1 Å². The topological polar surface area (TPSA) is 81.7 Å². The van der Waals surface area contributed by atoms with Crippen molar-refractivity contribution in [2.75, 3.05) is 62.9 Å². The van der Waals surface area contributed by atoms with Gasteiger partial charge in [-0.15, -0.1) is 0 Å². The molecule has 0 radical (unpaired) electrons. The maximum absolute atomic E-state index is 11.8. The Bertz CT molecular complexity index is 706. The average molecular weight is 354 g/mol. The van der Waals surface area contributed by atoms with Crippen molar-refractivity contribution < 1.29 is 8.42 Å². The molecule has 3 heterocycles. The SMILES string of the molecule is CN(C)c1nc2c(c(N3CCCN(S(C)(=O)=O)CC3)n1)CCNC2. The van der Waals surface area contributed by atoms with E-state index in [4.69, 9.17) is 4.98 Å². The van der Waals surface area contributed by atoms with Crippen molar-refractivity contribution in [2.45, 2.75) is 19.4 Å². The van der Waals surface area contributed by atoms with E-state index in [-0.39, 0.29) is 0 Å². The summed E-state index contributed by atoms with van der Waals surface area (Å²) >= 11 is 0. The van der Waals surface area contributed by atoms with E-state index in [2.05, 4.69) is 15.2 Å². The second-order valence-electron chi connectivity index (χ2n) is 6.60. The number of hydrogen-bond acceptors (Lipinski definition) is 7. The van der Waals surface area contributed by atoms with Crippen LogP contribution in [-0.4, -0.2) is 75.8 Å². The molecule has 1 saturated heterocycles. The van der Waals surface area contributed by atoms with Crippen LogP contribution in [-0.2, 0) is 23.0 Å². The molecule has 24 heavy (non-hydrogen) atoms. The molecule has 1 N–H and O–H groups in total. The van der Waals surface area contributed by atoms with Gasteiger partial charge in [0.2, 0.25) is 16.0 Å². The van der Waals surface area contributed by atoms with Crippen molar-refractivity contribution in [3.05, 3.63) is 11.3 Å². The van der Waals surface area contributed by atoms with Gasteiger partial charge in [0.05, 0.1) is 11.9 Å². The van der Waals surface area contributed by atoms with Gasteiger partial charge in [-0.25, -0.2) is 17.7 Å². The zero-order chi connectivity index (χ0) is 17.3. The summed E-state index contributed by atoms with van der Waals surface area (Å²) < 4.78 is 25.2. The second-order valence-corrected chi connectivity index (χ2v) is 8.58. The van der Waals surface area contributed by atoms with E-state index in [0.717, 1.165) is 44.0 Å². The summed E-state index contributed by atoms with van der Waals surface area (Å²) in [5.41, 5.74) is 2.26. The third-order valence-corrected chi connectivity index (χ3v) is 5.83. The molecular weight excluding hydrogens is 328 g/mol. The Labute approximate surface area is 143 Å². The minimum atomic E-state index is -3.14. The number of anilines is 2. The number of sulfonamides is 1. The lowest BCUT2D eigenvalue weighted by atomic mass is 10.1. The molecule has 0 aliphatic carbocycles. The number of aromatic nitrogens is 2. The van der Waals surface area contributed by atoms with Gasteiger partial charge < -0.3 is 15.1 Å². The summed E-state index contributed by atoms with van der Waals surface area (Å²) in [6.07, 6.45) is 3.00. The second kappa shape index (κ2) is 6.81. The Kier molecular flexibility index (Phi) is 4.93. The number of rotatable bonds is 3. The predicted octanol–water partition coefficient (Wildman–Crippen LogP) is -0.340. The molecular formula is C15H26N6O2S. The summed E-state index contributed by atoms with van der Waals surface area (Å²) in [7, 11) is 0.742. The van der Waals surface area contributed by atoms with E-state index in [0.29, 0.717) is 25.6 Å². The quantitative estimate of drug-likeness (QED) is 0.795. The van der Waals surface area contributed by atoms with Gasteiger partial charge in [-0.3, -0.25) is 0 Å². The van der Waals surface area contributed by atoms with Crippen molar-refractivity contribution >= 4 is 21.8 Å². The molecule has 1 aromatic rings. The van der Waals surface area contributed by atoms with Crippen molar-refractivity contribution in [3.63, 3.8) is 0 Å². The molecule has 0 unspecified atom stereocenters. The minimum absolute atomic E-state index is 0.507. The smallest absolute Gasteiger partial charge is 0.227 e. The third-order valence-electron chi connectivity index (χ3n) is 4.53. The Morgan fingerprint density at radius 3 is 2.62 bits per heavy atom. The molecule has 134 valence electrons. The lowest BCUT2D eigenvalue weighted by molar-refractivity contribution is 0.437. The summed E-state index contributed by atoms with van der Waals surface area (Å²) in [5.74, 6) is 1.68. The third kappa shape index (κ3) is 3.62. The molecule has 2 aliphatic rings. The zero-order valence-corrected chi connectivity index (χ0v) is 15.4. The van der Waals surface area contributed by atoms with Crippen molar-refractivity contribution in [1.29, 1.82) is 0 Å². The Morgan fingerprint density at radius 1 is 1.12 bits per heavy atom. The number of nitrogens with zero attached hydrogens (tertiary/aromatic N) is 5. The molecule has 3 rings (SSSR count). The Balaban J connectivity index is 1.92. The zero-order valence-electron chi connectivity index (χ0n) is 14.6. The van der Waals surface area contributed by atoms with Crippen LogP contribution in [0.5, 0.6) is 0 Å². The standard InChI is InChI=1S/C15H26N6O2S/c1-19(2)15-17-13-11-16-6-5-12(13)14(18-15)20-7-4-8-21(10-9-20)24(3,22)23/h16H,4-11H2,1-3H3. The monoisotopic (exact) mass is 354 g/mol. The van der Waals surface area contributed by atoms with E-state index in [1.165, 1.54) is 11.8 Å². The van der Waals surface area contributed by atoms with Gasteiger partial charge in [0.25, 0.3) is 0 Å². The highest BCUT2D eigenvalue weighted by atomic mass is 32.2.